The summed E-state index contributed by atoms with van der Waals surface area (Å²) in [6, 6.07) is 19.6. The zero-order chi connectivity index (χ0) is 27.1. The number of carbonyl (C=O) groups is 4. The lowest BCUT2D eigenvalue weighted by Crippen LogP contribution is -2.53. The Kier molecular flexibility index (Phi) is 4.96. The molecule has 0 radical (unpaired) electrons. The Morgan fingerprint density at radius 2 is 1.72 bits per heavy atom. The zero-order valence-electron chi connectivity index (χ0n) is 21.4. The Bertz CT molecular complexity index is 1720. The summed E-state index contributed by atoms with van der Waals surface area (Å²) in [7, 11) is 0. The quantitative estimate of drug-likeness (QED) is 0.281. The average molecular weight is 519 g/mol. The molecule has 8 nitrogen and oxygen atoms in total. The Balaban J connectivity index is 1.37. The third-order valence-electron chi connectivity index (χ3n) is 8.61. The molecule has 3 aliphatic rings. The molecule has 0 bridgehead atoms. The number of nitrogens with one attached hydrogen (secondary N) is 3. The number of nitrogens with zero attached hydrogens (tertiary/aromatic N) is 1. The first-order valence-corrected chi connectivity index (χ1v) is 13.0. The van der Waals surface area contributed by atoms with Gasteiger partial charge in [-0.15, -0.1) is 0 Å². The van der Waals surface area contributed by atoms with Crippen molar-refractivity contribution in [1.82, 2.24) is 10.3 Å². The standard InChI is InChI=1S/C31H26N4O4/c1-16-6-5-8-22-27(16)33-30(39)31(22)26-25(24(34-31)14-19-15-32-23-9-4-3-7-21(19)23)28(37)35(29(26)38)20-12-10-18(11-13-20)17(2)36/h3-13,15,24-26,32,34H,14H2,1-2H3,(H,33,39)/t24?,25-,26+,31?/m1/s1. The number of Topliss-reactive ketones (excluding diaryl/α,β-unsaturated/α-hetero) is 1. The summed E-state index contributed by atoms with van der Waals surface area (Å²) < 4.78 is 0. The average Bonchev–Trinajstić information content (AvgIpc) is 3.64. The largest absolute Gasteiger partial charge is 0.361 e. The molecule has 2 fully saturated rings. The number of aryl methyl sites for hydroxylation is 1. The fraction of sp³-hybridized carbons (Fsp3) is 0.226. The van der Waals surface area contributed by atoms with Crippen molar-refractivity contribution in [2.45, 2.75) is 31.8 Å². The summed E-state index contributed by atoms with van der Waals surface area (Å²) in [6.45, 7) is 3.38. The minimum atomic E-state index is -1.37. The Morgan fingerprint density at radius 1 is 0.949 bits per heavy atom. The summed E-state index contributed by atoms with van der Waals surface area (Å²) in [5.41, 5.74) is 3.78. The molecule has 39 heavy (non-hydrogen) atoms. The molecule has 3 aromatic carbocycles. The van der Waals surface area contributed by atoms with Gasteiger partial charge < -0.3 is 10.3 Å². The van der Waals surface area contributed by atoms with Crippen LogP contribution in [0.15, 0.2) is 72.9 Å². The van der Waals surface area contributed by atoms with Gasteiger partial charge >= 0.3 is 0 Å². The second-order valence-electron chi connectivity index (χ2n) is 10.7. The van der Waals surface area contributed by atoms with E-state index in [4.69, 9.17) is 0 Å². The summed E-state index contributed by atoms with van der Waals surface area (Å²) >= 11 is 0. The van der Waals surface area contributed by atoms with Gasteiger partial charge in [0, 0.05) is 40.0 Å². The molecule has 2 unspecified atom stereocenters. The van der Waals surface area contributed by atoms with E-state index in [1.54, 1.807) is 24.3 Å². The molecule has 0 aliphatic carbocycles. The molecular weight excluding hydrogens is 492 g/mol. The molecule has 194 valence electrons. The lowest BCUT2D eigenvalue weighted by atomic mass is 9.76. The number of benzene rings is 3. The van der Waals surface area contributed by atoms with Gasteiger partial charge in [0.05, 0.1) is 17.5 Å². The molecule has 7 rings (SSSR count). The molecule has 1 aromatic heterocycles. The second kappa shape index (κ2) is 8.22. The van der Waals surface area contributed by atoms with Crippen molar-refractivity contribution < 1.29 is 19.2 Å². The van der Waals surface area contributed by atoms with Gasteiger partial charge in [-0.3, -0.25) is 24.5 Å². The van der Waals surface area contributed by atoms with Gasteiger partial charge in [-0.1, -0.05) is 36.4 Å². The molecule has 4 atom stereocenters. The lowest BCUT2D eigenvalue weighted by Gasteiger charge is -2.29. The van der Waals surface area contributed by atoms with Gasteiger partial charge in [-0.25, -0.2) is 4.90 Å². The van der Waals surface area contributed by atoms with Gasteiger partial charge in [0.2, 0.25) is 17.7 Å². The van der Waals surface area contributed by atoms with Crippen LogP contribution < -0.4 is 15.5 Å². The summed E-state index contributed by atoms with van der Waals surface area (Å²) in [5.74, 6) is -2.86. The van der Waals surface area contributed by atoms with Crippen molar-refractivity contribution in [2.24, 2.45) is 11.8 Å². The highest BCUT2D eigenvalue weighted by Gasteiger charge is 2.70. The summed E-state index contributed by atoms with van der Waals surface area (Å²) in [4.78, 5) is 58.4. The first-order chi connectivity index (χ1) is 18.8. The molecule has 1 spiro atoms. The molecule has 4 aromatic rings. The Labute approximate surface area is 224 Å². The molecule has 4 heterocycles. The summed E-state index contributed by atoms with van der Waals surface area (Å²) in [5, 5.41) is 7.56. The fourth-order valence-electron chi connectivity index (χ4n) is 6.79. The molecule has 0 saturated carbocycles. The van der Waals surface area contributed by atoms with Gasteiger partial charge in [-0.2, -0.15) is 0 Å². The van der Waals surface area contributed by atoms with Crippen molar-refractivity contribution >= 4 is 45.8 Å². The van der Waals surface area contributed by atoms with Gasteiger partial charge in [0.15, 0.2) is 5.78 Å². The predicted molar refractivity (Wildman–Crippen MR) is 146 cm³/mol. The number of para-hydroxylation sites is 2. The van der Waals surface area contributed by atoms with Crippen LogP contribution in [0, 0.1) is 18.8 Å². The van der Waals surface area contributed by atoms with E-state index in [1.807, 2.05) is 55.6 Å². The van der Waals surface area contributed by atoms with Crippen molar-refractivity contribution in [1.29, 1.82) is 0 Å². The third-order valence-corrected chi connectivity index (χ3v) is 8.61. The van der Waals surface area contributed by atoms with Crippen LogP contribution in [0.5, 0.6) is 0 Å². The molecule has 8 heteroatoms. The predicted octanol–water partition coefficient (Wildman–Crippen LogP) is 3.85. The van der Waals surface area contributed by atoms with Crippen LogP contribution in [-0.4, -0.2) is 34.5 Å². The van der Waals surface area contributed by atoms with Crippen LogP contribution in [-0.2, 0) is 26.3 Å². The van der Waals surface area contributed by atoms with E-state index < -0.39 is 29.3 Å². The normalized spacial score (nSPS) is 25.4. The minimum Gasteiger partial charge on any atom is -0.361 e. The van der Waals surface area contributed by atoms with E-state index in [0.717, 1.165) is 22.0 Å². The number of aromatic nitrogens is 1. The number of rotatable bonds is 4. The minimum absolute atomic E-state index is 0.103. The number of hydrogen-bond acceptors (Lipinski definition) is 5. The van der Waals surface area contributed by atoms with E-state index in [1.165, 1.54) is 11.8 Å². The molecule has 3 N–H and O–H groups in total. The van der Waals surface area contributed by atoms with Crippen LogP contribution >= 0.6 is 0 Å². The number of amides is 3. The SMILES string of the molecule is CC(=O)c1ccc(N2C(=O)[C@@H]3C(Cc4c[nH]c5ccccc45)NC4(C(=O)Nc5c(C)cccc54)[C@@H]3C2=O)cc1. The van der Waals surface area contributed by atoms with Crippen LogP contribution in [0.25, 0.3) is 10.9 Å². The zero-order valence-corrected chi connectivity index (χ0v) is 21.4. The van der Waals surface area contributed by atoms with Gasteiger partial charge in [-0.05, 0) is 61.7 Å². The van der Waals surface area contributed by atoms with E-state index >= 15 is 0 Å². The molecule has 3 amide bonds. The number of imide groups is 1. The van der Waals surface area contributed by atoms with E-state index in [-0.39, 0.29) is 17.6 Å². The number of aromatic amines is 1. The number of H-pyrrole nitrogens is 1. The first kappa shape index (κ1) is 23.5. The number of fused-ring (bicyclic) bond motifs is 5. The van der Waals surface area contributed by atoms with Crippen LogP contribution in [0.2, 0.25) is 0 Å². The monoisotopic (exact) mass is 518 g/mol. The Morgan fingerprint density at radius 3 is 2.49 bits per heavy atom. The summed E-state index contributed by atoms with van der Waals surface area (Å²) in [6.07, 6.45) is 2.39. The van der Waals surface area contributed by atoms with Gasteiger partial charge in [0.25, 0.3) is 0 Å². The maximum Gasteiger partial charge on any atom is 0.250 e. The van der Waals surface area contributed by atoms with Crippen LogP contribution in [0.1, 0.15) is 34.0 Å². The fourth-order valence-corrected chi connectivity index (χ4v) is 6.79. The van der Waals surface area contributed by atoms with E-state index in [9.17, 15) is 19.2 Å². The van der Waals surface area contributed by atoms with E-state index in [2.05, 4.69) is 15.6 Å². The second-order valence-corrected chi connectivity index (χ2v) is 10.7. The maximum atomic E-state index is 14.2. The number of hydrogen-bond donors (Lipinski definition) is 3. The maximum absolute atomic E-state index is 14.2. The first-order valence-electron chi connectivity index (χ1n) is 13.0. The van der Waals surface area contributed by atoms with Gasteiger partial charge in [0.1, 0.15) is 5.54 Å². The molecular formula is C31H26N4O4. The highest BCUT2D eigenvalue weighted by Crippen LogP contribution is 2.54. The van der Waals surface area contributed by atoms with Crippen LogP contribution in [0.3, 0.4) is 0 Å². The van der Waals surface area contributed by atoms with Crippen molar-refractivity contribution in [3.8, 4) is 0 Å². The van der Waals surface area contributed by atoms with E-state index in [0.29, 0.717) is 28.9 Å². The third kappa shape index (κ3) is 3.15. The van der Waals surface area contributed by atoms with Crippen molar-refractivity contribution in [3.63, 3.8) is 0 Å². The topological polar surface area (TPSA) is 111 Å². The molecule has 2 saturated heterocycles. The number of ketones is 1. The number of carbonyl (C=O) groups excluding carboxylic acids is 4. The van der Waals surface area contributed by atoms with Crippen LogP contribution in [0.4, 0.5) is 11.4 Å². The molecule has 3 aliphatic heterocycles. The van der Waals surface area contributed by atoms with Crippen molar-refractivity contribution in [2.75, 3.05) is 10.2 Å². The number of anilines is 2. The lowest BCUT2D eigenvalue weighted by molar-refractivity contribution is -0.130. The smallest absolute Gasteiger partial charge is 0.250 e. The highest BCUT2D eigenvalue weighted by molar-refractivity contribution is 6.26. The van der Waals surface area contributed by atoms with Crippen molar-refractivity contribution in [3.05, 3.63) is 95.2 Å². The Hall–Kier alpha value is -4.56. The highest BCUT2D eigenvalue weighted by atomic mass is 16.2.